The third-order valence-corrected chi connectivity index (χ3v) is 5.49. The quantitative estimate of drug-likeness (QED) is 0.296. The second-order valence-electron chi connectivity index (χ2n) is 9.00. The van der Waals surface area contributed by atoms with Crippen molar-refractivity contribution in [3.05, 3.63) is 52.3 Å². The van der Waals surface area contributed by atoms with Gasteiger partial charge in [0.15, 0.2) is 0 Å². The zero-order valence-electron chi connectivity index (χ0n) is 19.4. The van der Waals surface area contributed by atoms with Gasteiger partial charge in [-0.2, -0.15) is 0 Å². The van der Waals surface area contributed by atoms with Gasteiger partial charge in [0, 0.05) is 18.8 Å². The van der Waals surface area contributed by atoms with Crippen molar-refractivity contribution in [2.75, 3.05) is 18.4 Å². The molecule has 35 heavy (non-hydrogen) atoms. The summed E-state index contributed by atoms with van der Waals surface area (Å²) >= 11 is 11.8. The van der Waals surface area contributed by atoms with E-state index in [1.54, 1.807) is 62.6 Å². The fourth-order valence-electron chi connectivity index (χ4n) is 3.53. The Labute approximate surface area is 212 Å². The van der Waals surface area contributed by atoms with Crippen LogP contribution in [0, 0.1) is 11.8 Å². The molecular formula is C23H26Cl2N4O6. The van der Waals surface area contributed by atoms with Crippen molar-refractivity contribution in [2.45, 2.75) is 33.0 Å². The minimum atomic E-state index is -0.936. The molecule has 1 aliphatic rings. The highest BCUT2D eigenvalue weighted by molar-refractivity contribution is 6.32. The molecule has 3 N–H and O–H groups in total. The average Bonchev–Trinajstić information content (AvgIpc) is 3.22. The highest BCUT2D eigenvalue weighted by atomic mass is 35.5. The summed E-state index contributed by atoms with van der Waals surface area (Å²) in [5.74, 6) is -2.50. The molecule has 3 rings (SSSR count). The van der Waals surface area contributed by atoms with Gasteiger partial charge in [-0.25, -0.2) is 15.3 Å². The van der Waals surface area contributed by atoms with Gasteiger partial charge in [0.1, 0.15) is 28.3 Å². The lowest BCUT2D eigenvalue weighted by Gasteiger charge is -2.24. The summed E-state index contributed by atoms with van der Waals surface area (Å²) in [6, 6.07) is 9.90. The summed E-state index contributed by atoms with van der Waals surface area (Å²) in [5.41, 5.74) is 2.06. The number of carbonyl (C=O) groups is 3. The summed E-state index contributed by atoms with van der Waals surface area (Å²) in [5, 5.41) is 12.4. The Morgan fingerprint density at radius 2 is 1.63 bits per heavy atom. The van der Waals surface area contributed by atoms with Gasteiger partial charge >= 0.3 is 6.09 Å². The number of anilines is 1. The summed E-state index contributed by atoms with van der Waals surface area (Å²) in [7, 11) is 0. The topological polar surface area (TPSA) is 130 Å². The number of nitrogens with one attached hydrogen (secondary N) is 2. The van der Waals surface area contributed by atoms with E-state index in [-0.39, 0.29) is 30.0 Å². The smallest absolute Gasteiger partial charge is 0.410 e. The molecule has 1 aromatic heterocycles. The van der Waals surface area contributed by atoms with Crippen molar-refractivity contribution in [3.63, 3.8) is 0 Å². The summed E-state index contributed by atoms with van der Waals surface area (Å²) < 4.78 is 11.0. The van der Waals surface area contributed by atoms with Gasteiger partial charge in [0.25, 0.3) is 0 Å². The van der Waals surface area contributed by atoms with Gasteiger partial charge in [0.2, 0.25) is 11.8 Å². The Hall–Kier alpha value is -3.08. The van der Waals surface area contributed by atoms with Crippen molar-refractivity contribution in [2.24, 2.45) is 11.8 Å². The number of rotatable bonds is 6. The van der Waals surface area contributed by atoms with Gasteiger partial charge in [-0.15, -0.1) is 0 Å². The van der Waals surface area contributed by atoms with Crippen LogP contribution in [-0.4, -0.2) is 51.7 Å². The third-order valence-electron chi connectivity index (χ3n) is 5.11. The first-order valence-electron chi connectivity index (χ1n) is 10.7. The molecule has 1 fully saturated rings. The maximum atomic E-state index is 12.9. The summed E-state index contributed by atoms with van der Waals surface area (Å²) in [4.78, 5) is 42.7. The largest absolute Gasteiger partial charge is 0.489 e. The van der Waals surface area contributed by atoms with Crippen LogP contribution in [0.4, 0.5) is 10.5 Å². The number of halogens is 2. The molecule has 1 aromatic carbocycles. The van der Waals surface area contributed by atoms with Crippen LogP contribution in [0.25, 0.3) is 0 Å². The second kappa shape index (κ2) is 11.1. The highest BCUT2D eigenvalue weighted by Crippen LogP contribution is 2.27. The fourth-order valence-corrected chi connectivity index (χ4v) is 4.03. The molecule has 2 heterocycles. The number of hydrogen-bond donors (Lipinski definition) is 3. The average molecular weight is 525 g/mol. The van der Waals surface area contributed by atoms with Gasteiger partial charge < -0.3 is 19.7 Å². The zero-order valence-corrected chi connectivity index (χ0v) is 20.9. The third kappa shape index (κ3) is 7.45. The van der Waals surface area contributed by atoms with Crippen molar-refractivity contribution in [3.8, 4) is 5.75 Å². The van der Waals surface area contributed by atoms with Gasteiger partial charge in [-0.1, -0.05) is 23.2 Å². The first-order chi connectivity index (χ1) is 16.4. The van der Waals surface area contributed by atoms with Crippen molar-refractivity contribution in [1.82, 2.24) is 15.4 Å². The molecule has 188 valence electrons. The molecule has 12 heteroatoms. The van der Waals surface area contributed by atoms with E-state index in [0.717, 1.165) is 5.56 Å². The van der Waals surface area contributed by atoms with Crippen molar-refractivity contribution < 1.29 is 29.1 Å². The van der Waals surface area contributed by atoms with E-state index < -0.39 is 35.3 Å². The molecule has 3 amide bonds. The fraction of sp³-hybridized carbons (Fsp3) is 0.391. The van der Waals surface area contributed by atoms with E-state index in [2.05, 4.69) is 10.3 Å². The standard InChI is InChI=1S/C23H26Cl2N4O6/c1-23(2,3)35-22(32)29-10-16(17(11-29)21(31)28-33)20(30)26-14-4-6-15(7-5-14)34-12-13-8-18(24)27-19(25)9-13/h4-9,16-17,33H,10-12H2,1-3H3,(H,26,30)(H,28,31). The molecule has 1 aliphatic heterocycles. The summed E-state index contributed by atoms with van der Waals surface area (Å²) in [6.07, 6.45) is -0.637. The number of ether oxygens (including phenoxy) is 2. The Balaban J connectivity index is 1.62. The predicted octanol–water partition coefficient (Wildman–Crippen LogP) is 3.89. The van der Waals surface area contributed by atoms with Crippen LogP contribution < -0.4 is 15.5 Å². The molecule has 0 saturated carbocycles. The normalized spacial score (nSPS) is 17.6. The Morgan fingerprint density at radius 3 is 2.17 bits per heavy atom. The molecule has 10 nitrogen and oxygen atoms in total. The molecule has 0 bridgehead atoms. The number of likely N-dealkylation sites (tertiary alicyclic amines) is 1. The SMILES string of the molecule is CC(C)(C)OC(=O)N1CC(C(=O)NO)C(C(=O)Nc2ccc(OCc3cc(Cl)nc(Cl)c3)cc2)C1. The van der Waals surface area contributed by atoms with Gasteiger partial charge in [-0.05, 0) is 62.7 Å². The Kier molecular flexibility index (Phi) is 8.42. The number of benzene rings is 1. The molecule has 0 aliphatic carbocycles. The lowest BCUT2D eigenvalue weighted by atomic mass is 9.94. The molecule has 2 unspecified atom stereocenters. The first kappa shape index (κ1) is 26.5. The highest BCUT2D eigenvalue weighted by Gasteiger charge is 2.44. The minimum Gasteiger partial charge on any atom is -0.489 e. The molecular weight excluding hydrogens is 499 g/mol. The van der Waals surface area contributed by atoms with Crippen LogP contribution in [0.2, 0.25) is 10.3 Å². The maximum Gasteiger partial charge on any atom is 0.410 e. The minimum absolute atomic E-state index is 0.0307. The van der Waals surface area contributed by atoms with E-state index in [9.17, 15) is 14.4 Å². The van der Waals surface area contributed by atoms with E-state index in [4.69, 9.17) is 37.9 Å². The van der Waals surface area contributed by atoms with E-state index in [1.165, 1.54) is 4.90 Å². The van der Waals surface area contributed by atoms with Crippen LogP contribution in [-0.2, 0) is 20.9 Å². The molecule has 2 aromatic rings. The van der Waals surface area contributed by atoms with Crippen molar-refractivity contribution >= 4 is 46.8 Å². The molecule has 2 atom stereocenters. The van der Waals surface area contributed by atoms with Crippen LogP contribution >= 0.6 is 23.2 Å². The lowest BCUT2D eigenvalue weighted by molar-refractivity contribution is -0.137. The van der Waals surface area contributed by atoms with E-state index >= 15 is 0 Å². The first-order valence-corrected chi connectivity index (χ1v) is 11.5. The monoisotopic (exact) mass is 524 g/mol. The van der Waals surface area contributed by atoms with E-state index in [0.29, 0.717) is 11.4 Å². The number of hydrogen-bond acceptors (Lipinski definition) is 7. The van der Waals surface area contributed by atoms with E-state index in [1.807, 2.05) is 0 Å². The van der Waals surface area contributed by atoms with Crippen LogP contribution in [0.3, 0.4) is 0 Å². The Morgan fingerprint density at radius 1 is 1.06 bits per heavy atom. The van der Waals surface area contributed by atoms with Crippen LogP contribution in [0.5, 0.6) is 5.75 Å². The van der Waals surface area contributed by atoms with Crippen LogP contribution in [0.15, 0.2) is 36.4 Å². The molecule has 1 saturated heterocycles. The lowest BCUT2D eigenvalue weighted by Crippen LogP contribution is -2.38. The zero-order chi connectivity index (χ0) is 25.8. The second-order valence-corrected chi connectivity index (χ2v) is 9.77. The Bertz CT molecular complexity index is 1070. The van der Waals surface area contributed by atoms with Crippen molar-refractivity contribution in [1.29, 1.82) is 0 Å². The molecule has 0 spiro atoms. The summed E-state index contributed by atoms with van der Waals surface area (Å²) in [6.45, 7) is 5.29. The number of nitrogens with zero attached hydrogens (tertiary/aromatic N) is 2. The van der Waals surface area contributed by atoms with Gasteiger partial charge in [-0.3, -0.25) is 14.8 Å². The maximum absolute atomic E-state index is 12.9. The molecule has 0 radical (unpaired) electrons. The predicted molar refractivity (Wildman–Crippen MR) is 128 cm³/mol. The number of carbonyl (C=O) groups excluding carboxylic acids is 3. The van der Waals surface area contributed by atoms with Gasteiger partial charge in [0.05, 0.1) is 11.8 Å². The number of hydroxylamine groups is 1. The van der Waals surface area contributed by atoms with Crippen LogP contribution in [0.1, 0.15) is 26.3 Å². The number of pyridine rings is 1. The number of aromatic nitrogens is 1. The number of amides is 3.